The largest absolute Gasteiger partial charge is 0.392 e. The summed E-state index contributed by atoms with van der Waals surface area (Å²) in [6, 6.07) is 5.56. The van der Waals surface area contributed by atoms with Crippen molar-refractivity contribution in [1.29, 1.82) is 0 Å². The molecule has 1 rings (SSSR count). The molecule has 4 nitrogen and oxygen atoms in total. The summed E-state index contributed by atoms with van der Waals surface area (Å²) in [7, 11) is 0. The van der Waals surface area contributed by atoms with Crippen LogP contribution in [0.1, 0.15) is 23.6 Å². The molecule has 2 atom stereocenters. The summed E-state index contributed by atoms with van der Waals surface area (Å²) in [5.41, 5.74) is 9.02. The van der Waals surface area contributed by atoms with Gasteiger partial charge in [0.2, 0.25) is 5.91 Å². The van der Waals surface area contributed by atoms with Gasteiger partial charge in [-0.3, -0.25) is 4.79 Å². The average molecular weight is 250 g/mol. The molecule has 0 bridgehead atoms. The van der Waals surface area contributed by atoms with E-state index >= 15 is 0 Å². The Bertz CT molecular complexity index is 416. The van der Waals surface area contributed by atoms with Crippen molar-refractivity contribution in [3.05, 3.63) is 34.9 Å². The van der Waals surface area contributed by atoms with E-state index in [1.165, 1.54) is 11.1 Å². The van der Waals surface area contributed by atoms with E-state index in [2.05, 4.69) is 5.32 Å². The second-order valence-corrected chi connectivity index (χ2v) is 4.80. The van der Waals surface area contributed by atoms with E-state index < -0.39 is 12.1 Å². The lowest BCUT2D eigenvalue weighted by atomic mass is 10.0. The molecule has 1 amide bonds. The Labute approximate surface area is 108 Å². The molecule has 0 aliphatic heterocycles. The van der Waals surface area contributed by atoms with Crippen molar-refractivity contribution in [1.82, 2.24) is 5.32 Å². The van der Waals surface area contributed by atoms with Crippen LogP contribution < -0.4 is 11.1 Å². The molecule has 0 fully saturated rings. The fourth-order valence-corrected chi connectivity index (χ4v) is 1.56. The van der Waals surface area contributed by atoms with Gasteiger partial charge in [-0.15, -0.1) is 0 Å². The van der Waals surface area contributed by atoms with Crippen LogP contribution in [-0.4, -0.2) is 29.7 Å². The second kappa shape index (κ2) is 6.52. The number of aryl methyl sites for hydroxylation is 2. The van der Waals surface area contributed by atoms with E-state index in [-0.39, 0.29) is 5.91 Å². The SMILES string of the molecule is Cc1ccc(CC(=O)NCC(N)C(C)O)cc1C. The minimum Gasteiger partial charge on any atom is -0.392 e. The monoisotopic (exact) mass is 250 g/mol. The van der Waals surface area contributed by atoms with Gasteiger partial charge in [-0.05, 0) is 37.5 Å². The third-order valence-electron chi connectivity index (χ3n) is 3.09. The van der Waals surface area contributed by atoms with Crippen molar-refractivity contribution < 1.29 is 9.90 Å². The molecule has 2 unspecified atom stereocenters. The van der Waals surface area contributed by atoms with Crippen LogP contribution >= 0.6 is 0 Å². The molecule has 0 aliphatic rings. The molecule has 100 valence electrons. The van der Waals surface area contributed by atoms with E-state index in [1.807, 2.05) is 32.0 Å². The van der Waals surface area contributed by atoms with Gasteiger partial charge in [0.1, 0.15) is 0 Å². The molecule has 0 saturated carbocycles. The van der Waals surface area contributed by atoms with Crippen LogP contribution in [0.25, 0.3) is 0 Å². The number of rotatable bonds is 5. The van der Waals surface area contributed by atoms with Crippen LogP contribution in [0.3, 0.4) is 0 Å². The summed E-state index contributed by atoms with van der Waals surface area (Å²) in [4.78, 5) is 11.7. The summed E-state index contributed by atoms with van der Waals surface area (Å²) in [6.07, 6.45) is -0.278. The van der Waals surface area contributed by atoms with E-state index in [0.717, 1.165) is 5.56 Å². The summed E-state index contributed by atoms with van der Waals surface area (Å²) in [5.74, 6) is -0.0747. The smallest absolute Gasteiger partial charge is 0.224 e. The van der Waals surface area contributed by atoms with E-state index in [0.29, 0.717) is 13.0 Å². The zero-order valence-corrected chi connectivity index (χ0v) is 11.2. The predicted octanol–water partition coefficient (Wildman–Crippen LogP) is 0.670. The predicted molar refractivity (Wildman–Crippen MR) is 72.3 cm³/mol. The number of nitrogens with one attached hydrogen (secondary N) is 1. The molecular formula is C14H22N2O2. The van der Waals surface area contributed by atoms with E-state index in [9.17, 15) is 9.90 Å². The topological polar surface area (TPSA) is 75.4 Å². The molecule has 0 aliphatic carbocycles. The molecule has 4 heteroatoms. The molecule has 18 heavy (non-hydrogen) atoms. The summed E-state index contributed by atoms with van der Waals surface area (Å²) < 4.78 is 0. The van der Waals surface area contributed by atoms with Crippen molar-refractivity contribution in [2.45, 2.75) is 39.3 Å². The number of aliphatic hydroxyl groups is 1. The first-order chi connectivity index (χ1) is 8.40. The van der Waals surface area contributed by atoms with Gasteiger partial charge in [0, 0.05) is 12.6 Å². The maximum atomic E-state index is 11.7. The lowest BCUT2D eigenvalue weighted by Gasteiger charge is -2.15. The van der Waals surface area contributed by atoms with Crippen LogP contribution in [-0.2, 0) is 11.2 Å². The van der Waals surface area contributed by atoms with Crippen LogP contribution in [0.2, 0.25) is 0 Å². The molecule has 4 N–H and O–H groups in total. The maximum absolute atomic E-state index is 11.7. The minimum atomic E-state index is -0.619. The van der Waals surface area contributed by atoms with Crippen LogP contribution in [0.4, 0.5) is 0 Å². The quantitative estimate of drug-likeness (QED) is 0.719. The van der Waals surface area contributed by atoms with Gasteiger partial charge in [0.15, 0.2) is 0 Å². The number of aliphatic hydroxyl groups excluding tert-OH is 1. The highest BCUT2D eigenvalue weighted by Gasteiger charge is 2.11. The van der Waals surface area contributed by atoms with Crippen molar-refractivity contribution in [3.8, 4) is 0 Å². The molecule has 0 saturated heterocycles. The number of nitrogens with two attached hydrogens (primary N) is 1. The van der Waals surface area contributed by atoms with E-state index in [4.69, 9.17) is 5.73 Å². The van der Waals surface area contributed by atoms with Crippen molar-refractivity contribution >= 4 is 5.91 Å². The zero-order chi connectivity index (χ0) is 13.7. The van der Waals surface area contributed by atoms with Crippen LogP contribution in [0, 0.1) is 13.8 Å². The molecule has 1 aromatic carbocycles. The fourth-order valence-electron chi connectivity index (χ4n) is 1.56. The Balaban J connectivity index is 2.47. The van der Waals surface area contributed by atoms with Crippen LogP contribution in [0.15, 0.2) is 18.2 Å². The Morgan fingerprint density at radius 1 is 1.39 bits per heavy atom. The average Bonchev–Trinajstić information content (AvgIpc) is 2.30. The zero-order valence-electron chi connectivity index (χ0n) is 11.2. The third-order valence-corrected chi connectivity index (χ3v) is 3.09. The highest BCUT2D eigenvalue weighted by atomic mass is 16.3. The molecule has 0 spiro atoms. The lowest BCUT2D eigenvalue weighted by Crippen LogP contribution is -2.44. The number of amides is 1. The molecular weight excluding hydrogens is 228 g/mol. The first kappa shape index (κ1) is 14.7. The van der Waals surface area contributed by atoms with Crippen LogP contribution in [0.5, 0.6) is 0 Å². The standard InChI is InChI=1S/C14H22N2O2/c1-9-4-5-12(6-10(9)2)7-14(18)16-8-13(15)11(3)17/h4-6,11,13,17H,7-8,15H2,1-3H3,(H,16,18). The lowest BCUT2D eigenvalue weighted by molar-refractivity contribution is -0.120. The second-order valence-electron chi connectivity index (χ2n) is 4.80. The fraction of sp³-hybridized carbons (Fsp3) is 0.500. The number of hydrogen-bond donors (Lipinski definition) is 3. The Morgan fingerprint density at radius 2 is 2.06 bits per heavy atom. The van der Waals surface area contributed by atoms with Gasteiger partial charge >= 0.3 is 0 Å². The van der Waals surface area contributed by atoms with Crippen molar-refractivity contribution in [3.63, 3.8) is 0 Å². The molecule has 0 heterocycles. The van der Waals surface area contributed by atoms with Gasteiger partial charge < -0.3 is 16.2 Å². The highest BCUT2D eigenvalue weighted by Crippen LogP contribution is 2.10. The van der Waals surface area contributed by atoms with Gasteiger partial charge in [-0.2, -0.15) is 0 Å². The maximum Gasteiger partial charge on any atom is 0.224 e. The van der Waals surface area contributed by atoms with Gasteiger partial charge in [-0.25, -0.2) is 0 Å². The summed E-state index contributed by atoms with van der Waals surface area (Å²) in [5, 5.41) is 11.9. The Kier molecular flexibility index (Phi) is 5.31. The van der Waals surface area contributed by atoms with Gasteiger partial charge in [0.25, 0.3) is 0 Å². The normalized spacial score (nSPS) is 14.1. The highest BCUT2D eigenvalue weighted by molar-refractivity contribution is 5.78. The van der Waals surface area contributed by atoms with Gasteiger partial charge in [-0.1, -0.05) is 18.2 Å². The first-order valence-electron chi connectivity index (χ1n) is 6.16. The number of carbonyl (C=O) groups is 1. The van der Waals surface area contributed by atoms with Gasteiger partial charge in [0.05, 0.1) is 12.5 Å². The van der Waals surface area contributed by atoms with Crippen molar-refractivity contribution in [2.24, 2.45) is 5.73 Å². The number of hydrogen-bond acceptors (Lipinski definition) is 3. The number of benzene rings is 1. The molecule has 0 radical (unpaired) electrons. The third kappa shape index (κ3) is 4.47. The summed E-state index contributed by atoms with van der Waals surface area (Å²) in [6.45, 7) is 5.97. The molecule has 1 aromatic rings. The van der Waals surface area contributed by atoms with Crippen molar-refractivity contribution in [2.75, 3.05) is 6.54 Å². The molecule has 0 aromatic heterocycles. The summed E-state index contributed by atoms with van der Waals surface area (Å²) >= 11 is 0. The van der Waals surface area contributed by atoms with E-state index in [1.54, 1.807) is 6.92 Å². The Hall–Kier alpha value is -1.39. The Morgan fingerprint density at radius 3 is 2.61 bits per heavy atom. The first-order valence-corrected chi connectivity index (χ1v) is 6.16. The minimum absolute atomic E-state index is 0.0747. The number of carbonyl (C=O) groups excluding carboxylic acids is 1.